The predicted molar refractivity (Wildman–Crippen MR) is 72.1 cm³/mol. The normalized spacial score (nSPS) is 10.3. The molecule has 0 radical (unpaired) electrons. The molecule has 0 atom stereocenters. The molecular formula is C13H15FN4O. The second-order valence-corrected chi connectivity index (χ2v) is 4.04. The van der Waals surface area contributed by atoms with Gasteiger partial charge in [0.15, 0.2) is 0 Å². The summed E-state index contributed by atoms with van der Waals surface area (Å²) in [6, 6.07) is 7.88. The van der Waals surface area contributed by atoms with Crippen LogP contribution in [-0.2, 0) is 0 Å². The molecule has 100 valence electrons. The van der Waals surface area contributed by atoms with Crippen molar-refractivity contribution in [1.82, 2.24) is 9.97 Å². The number of nitrogens with one attached hydrogen (secondary N) is 1. The fraction of sp³-hybridized carbons (Fsp3) is 0.231. The maximum absolute atomic E-state index is 13.1. The van der Waals surface area contributed by atoms with Crippen LogP contribution < -0.4 is 10.2 Å². The predicted octanol–water partition coefficient (Wildman–Crippen LogP) is 1.79. The summed E-state index contributed by atoms with van der Waals surface area (Å²) in [4.78, 5) is 9.98. The SMILES string of the molecule is CN(CCO)c1cc(Nc2cccc(F)c2)ncn1. The monoisotopic (exact) mass is 262 g/mol. The van der Waals surface area contributed by atoms with E-state index in [1.807, 2.05) is 7.05 Å². The molecule has 0 bridgehead atoms. The number of rotatable bonds is 5. The number of anilines is 3. The molecule has 0 aliphatic rings. The molecule has 0 spiro atoms. The van der Waals surface area contributed by atoms with Crippen molar-refractivity contribution < 1.29 is 9.50 Å². The second kappa shape index (κ2) is 6.10. The Morgan fingerprint density at radius 1 is 1.32 bits per heavy atom. The van der Waals surface area contributed by atoms with Crippen molar-refractivity contribution in [2.24, 2.45) is 0 Å². The summed E-state index contributed by atoms with van der Waals surface area (Å²) in [6.45, 7) is 0.531. The Labute approximate surface area is 110 Å². The van der Waals surface area contributed by atoms with Crippen molar-refractivity contribution in [2.45, 2.75) is 0 Å². The average Bonchev–Trinajstić information content (AvgIpc) is 2.39. The lowest BCUT2D eigenvalue weighted by molar-refractivity contribution is 0.304. The van der Waals surface area contributed by atoms with Crippen molar-refractivity contribution in [2.75, 3.05) is 30.4 Å². The van der Waals surface area contributed by atoms with Crippen molar-refractivity contribution in [3.05, 3.63) is 42.5 Å². The molecule has 0 amide bonds. The highest BCUT2D eigenvalue weighted by molar-refractivity contribution is 5.59. The average molecular weight is 262 g/mol. The number of likely N-dealkylation sites (N-methyl/N-ethyl adjacent to an activating group) is 1. The largest absolute Gasteiger partial charge is 0.395 e. The minimum atomic E-state index is -0.309. The molecule has 19 heavy (non-hydrogen) atoms. The number of benzene rings is 1. The van der Waals surface area contributed by atoms with Crippen molar-refractivity contribution in [3.63, 3.8) is 0 Å². The van der Waals surface area contributed by atoms with E-state index in [2.05, 4.69) is 15.3 Å². The topological polar surface area (TPSA) is 61.3 Å². The zero-order valence-electron chi connectivity index (χ0n) is 10.5. The molecule has 0 saturated carbocycles. The van der Waals surface area contributed by atoms with Gasteiger partial charge >= 0.3 is 0 Å². The van der Waals surface area contributed by atoms with E-state index in [4.69, 9.17) is 5.11 Å². The van der Waals surface area contributed by atoms with Crippen LogP contribution in [0.25, 0.3) is 0 Å². The molecule has 6 heteroatoms. The molecule has 5 nitrogen and oxygen atoms in total. The molecule has 2 aromatic rings. The van der Waals surface area contributed by atoms with E-state index >= 15 is 0 Å². The first-order chi connectivity index (χ1) is 9.19. The fourth-order valence-electron chi connectivity index (χ4n) is 1.60. The van der Waals surface area contributed by atoms with Crippen LogP contribution >= 0.6 is 0 Å². The number of aromatic nitrogens is 2. The van der Waals surface area contributed by atoms with E-state index in [0.717, 1.165) is 0 Å². The fourth-order valence-corrected chi connectivity index (χ4v) is 1.60. The molecular weight excluding hydrogens is 247 g/mol. The third-order valence-corrected chi connectivity index (χ3v) is 2.58. The van der Waals surface area contributed by atoms with Crippen LogP contribution in [0.15, 0.2) is 36.7 Å². The summed E-state index contributed by atoms with van der Waals surface area (Å²) in [5.74, 6) is 0.944. The Hall–Kier alpha value is -2.21. The lowest BCUT2D eigenvalue weighted by Gasteiger charge is -2.17. The molecule has 0 aliphatic carbocycles. The smallest absolute Gasteiger partial charge is 0.135 e. The van der Waals surface area contributed by atoms with E-state index in [0.29, 0.717) is 23.9 Å². The Balaban J connectivity index is 2.15. The van der Waals surface area contributed by atoms with Gasteiger partial charge in [-0.1, -0.05) is 6.07 Å². The number of nitrogens with zero attached hydrogens (tertiary/aromatic N) is 3. The van der Waals surface area contributed by atoms with Crippen LogP contribution in [0.1, 0.15) is 0 Å². The van der Waals surface area contributed by atoms with Gasteiger partial charge in [0.05, 0.1) is 6.61 Å². The first-order valence-electron chi connectivity index (χ1n) is 5.85. The molecule has 2 N–H and O–H groups in total. The van der Waals surface area contributed by atoms with E-state index in [1.54, 1.807) is 23.1 Å². The van der Waals surface area contributed by atoms with Gasteiger partial charge in [-0.2, -0.15) is 0 Å². The maximum atomic E-state index is 13.1. The Bertz CT molecular complexity index is 550. The first kappa shape index (κ1) is 13.2. The number of hydrogen-bond acceptors (Lipinski definition) is 5. The van der Waals surface area contributed by atoms with Gasteiger partial charge in [0.2, 0.25) is 0 Å². The number of aliphatic hydroxyl groups excluding tert-OH is 1. The zero-order chi connectivity index (χ0) is 13.7. The molecule has 0 unspecified atom stereocenters. The Morgan fingerprint density at radius 2 is 2.16 bits per heavy atom. The van der Waals surface area contributed by atoms with Gasteiger partial charge in [0, 0.05) is 25.3 Å². The lowest BCUT2D eigenvalue weighted by Crippen LogP contribution is -2.22. The van der Waals surface area contributed by atoms with Crippen molar-refractivity contribution >= 4 is 17.3 Å². The Kier molecular flexibility index (Phi) is 4.25. The zero-order valence-corrected chi connectivity index (χ0v) is 10.5. The van der Waals surface area contributed by atoms with Crippen LogP contribution in [0.3, 0.4) is 0 Å². The molecule has 1 heterocycles. The van der Waals surface area contributed by atoms with Crippen LogP contribution in [0.5, 0.6) is 0 Å². The summed E-state index contributed by atoms with van der Waals surface area (Å²) in [7, 11) is 1.82. The van der Waals surface area contributed by atoms with E-state index in [1.165, 1.54) is 18.5 Å². The van der Waals surface area contributed by atoms with Gasteiger partial charge in [-0.3, -0.25) is 0 Å². The minimum Gasteiger partial charge on any atom is -0.395 e. The van der Waals surface area contributed by atoms with Gasteiger partial charge < -0.3 is 15.3 Å². The lowest BCUT2D eigenvalue weighted by atomic mass is 10.3. The van der Waals surface area contributed by atoms with Crippen LogP contribution in [-0.4, -0.2) is 35.3 Å². The number of halogens is 1. The number of hydrogen-bond donors (Lipinski definition) is 2. The van der Waals surface area contributed by atoms with Gasteiger partial charge in [-0.25, -0.2) is 14.4 Å². The van der Waals surface area contributed by atoms with E-state index in [9.17, 15) is 4.39 Å². The van der Waals surface area contributed by atoms with Crippen molar-refractivity contribution in [1.29, 1.82) is 0 Å². The molecule has 0 saturated heterocycles. The summed E-state index contributed by atoms with van der Waals surface area (Å²) in [5.41, 5.74) is 0.620. The van der Waals surface area contributed by atoms with Gasteiger partial charge in [-0.05, 0) is 18.2 Å². The molecule has 0 aliphatic heterocycles. The summed E-state index contributed by atoms with van der Waals surface area (Å²) in [5, 5.41) is 11.9. The second-order valence-electron chi connectivity index (χ2n) is 4.04. The van der Waals surface area contributed by atoms with E-state index < -0.39 is 0 Å². The molecule has 1 aromatic heterocycles. The van der Waals surface area contributed by atoms with Gasteiger partial charge in [0.1, 0.15) is 23.8 Å². The van der Waals surface area contributed by atoms with E-state index in [-0.39, 0.29) is 12.4 Å². The standard InChI is InChI=1S/C13H15FN4O/c1-18(5-6-19)13-8-12(15-9-16-13)17-11-4-2-3-10(14)7-11/h2-4,7-9,19H,5-6H2,1H3,(H,15,16,17). The van der Waals surface area contributed by atoms with Crippen LogP contribution in [0, 0.1) is 5.82 Å². The van der Waals surface area contributed by atoms with Gasteiger partial charge in [-0.15, -0.1) is 0 Å². The third kappa shape index (κ3) is 3.62. The Morgan fingerprint density at radius 3 is 2.89 bits per heavy atom. The summed E-state index contributed by atoms with van der Waals surface area (Å²) in [6.07, 6.45) is 1.42. The summed E-state index contributed by atoms with van der Waals surface area (Å²) >= 11 is 0. The third-order valence-electron chi connectivity index (χ3n) is 2.58. The van der Waals surface area contributed by atoms with Crippen LogP contribution in [0.4, 0.5) is 21.7 Å². The quantitative estimate of drug-likeness (QED) is 0.860. The minimum absolute atomic E-state index is 0.0488. The van der Waals surface area contributed by atoms with Gasteiger partial charge in [0.25, 0.3) is 0 Å². The maximum Gasteiger partial charge on any atom is 0.135 e. The number of aliphatic hydroxyl groups is 1. The molecule has 0 fully saturated rings. The molecule has 1 aromatic carbocycles. The highest BCUT2D eigenvalue weighted by Gasteiger charge is 2.04. The van der Waals surface area contributed by atoms with Crippen LogP contribution in [0.2, 0.25) is 0 Å². The summed E-state index contributed by atoms with van der Waals surface area (Å²) < 4.78 is 13.1. The first-order valence-corrected chi connectivity index (χ1v) is 5.85. The highest BCUT2D eigenvalue weighted by atomic mass is 19.1. The van der Waals surface area contributed by atoms with Crippen molar-refractivity contribution in [3.8, 4) is 0 Å². The molecule has 2 rings (SSSR count). The highest BCUT2D eigenvalue weighted by Crippen LogP contribution is 2.18.